The summed E-state index contributed by atoms with van der Waals surface area (Å²) in [6.07, 6.45) is 1.34. The van der Waals surface area contributed by atoms with Crippen molar-refractivity contribution in [3.05, 3.63) is 65.2 Å². The zero-order valence-corrected chi connectivity index (χ0v) is 13.4. The topological polar surface area (TPSA) is 89.9 Å². The van der Waals surface area contributed by atoms with Crippen molar-refractivity contribution in [2.45, 2.75) is 11.8 Å². The number of carboxylic acids is 1. The molecule has 0 aliphatic carbocycles. The second-order valence-electron chi connectivity index (χ2n) is 4.91. The first-order valence-electron chi connectivity index (χ1n) is 6.72. The average molecular weight is 331 g/mol. The van der Waals surface area contributed by atoms with Gasteiger partial charge in [0.1, 0.15) is 0 Å². The number of hydrazone groups is 1. The van der Waals surface area contributed by atoms with Gasteiger partial charge in [-0.1, -0.05) is 42.0 Å². The summed E-state index contributed by atoms with van der Waals surface area (Å²) in [5.74, 6) is -1.27. The lowest BCUT2D eigenvalue weighted by atomic mass is 10.1. The molecule has 6 nitrogen and oxygen atoms in total. The molecular formula is C16H15N2O4S-. The predicted octanol–water partition coefficient (Wildman–Crippen LogP) is 1.01. The lowest BCUT2D eigenvalue weighted by molar-refractivity contribution is -0.255. The minimum Gasteiger partial charge on any atom is -0.545 e. The maximum atomic E-state index is 12.3. The van der Waals surface area contributed by atoms with E-state index >= 15 is 0 Å². The second-order valence-corrected chi connectivity index (χ2v) is 6.86. The van der Waals surface area contributed by atoms with Gasteiger partial charge in [0.25, 0.3) is 10.0 Å². The summed E-state index contributed by atoms with van der Waals surface area (Å²) in [5.41, 5.74) is 1.58. The Morgan fingerprint density at radius 2 is 1.65 bits per heavy atom. The first-order chi connectivity index (χ1) is 10.8. The Kier molecular flexibility index (Phi) is 4.80. The molecule has 0 aliphatic rings. The maximum Gasteiger partial charge on any atom is 0.278 e. The number of carbonyl (C=O) groups is 1. The Morgan fingerprint density at radius 1 is 1.09 bits per heavy atom. The first kappa shape index (κ1) is 16.7. The maximum absolute atomic E-state index is 12.3. The number of aromatic carboxylic acids is 1. The summed E-state index contributed by atoms with van der Waals surface area (Å²) in [6.45, 7) is 1.87. The van der Waals surface area contributed by atoms with Crippen LogP contribution in [0.1, 0.15) is 21.5 Å². The Hall–Kier alpha value is -2.67. The molecule has 0 saturated heterocycles. The van der Waals surface area contributed by atoms with Crippen LogP contribution in [0.3, 0.4) is 0 Å². The van der Waals surface area contributed by atoms with Gasteiger partial charge in [-0.3, -0.25) is 0 Å². The van der Waals surface area contributed by atoms with Crippen molar-refractivity contribution in [2.75, 3.05) is 7.05 Å². The van der Waals surface area contributed by atoms with Gasteiger partial charge in [-0.15, -0.1) is 0 Å². The van der Waals surface area contributed by atoms with Crippen molar-refractivity contribution in [3.8, 4) is 0 Å². The number of rotatable bonds is 5. The highest BCUT2D eigenvalue weighted by molar-refractivity contribution is 7.89. The van der Waals surface area contributed by atoms with E-state index in [1.807, 2.05) is 6.92 Å². The molecule has 0 spiro atoms. The van der Waals surface area contributed by atoms with E-state index in [1.165, 1.54) is 49.7 Å². The summed E-state index contributed by atoms with van der Waals surface area (Å²) < 4.78 is 25.5. The molecule has 0 aliphatic heterocycles. The Morgan fingerprint density at radius 3 is 2.17 bits per heavy atom. The Balaban J connectivity index is 2.18. The molecule has 120 valence electrons. The highest BCUT2D eigenvalue weighted by Gasteiger charge is 2.18. The number of carboxylic acid groups (broad SMARTS) is 1. The van der Waals surface area contributed by atoms with Crippen LogP contribution in [0.2, 0.25) is 0 Å². The molecule has 0 atom stereocenters. The van der Waals surface area contributed by atoms with E-state index in [-0.39, 0.29) is 10.5 Å². The summed E-state index contributed by atoms with van der Waals surface area (Å²) in [5, 5.41) is 14.6. The lowest BCUT2D eigenvalue weighted by Gasteiger charge is -2.13. The fourth-order valence-electron chi connectivity index (χ4n) is 1.78. The number of aryl methyl sites for hydroxylation is 1. The number of hydrogen-bond acceptors (Lipinski definition) is 5. The van der Waals surface area contributed by atoms with Gasteiger partial charge in [0.05, 0.1) is 17.1 Å². The molecule has 0 aromatic heterocycles. The third kappa shape index (κ3) is 3.95. The number of benzene rings is 2. The number of hydrogen-bond donors (Lipinski definition) is 0. The van der Waals surface area contributed by atoms with E-state index in [0.717, 1.165) is 9.98 Å². The van der Waals surface area contributed by atoms with Crippen LogP contribution in [0, 0.1) is 6.92 Å². The molecule has 7 heteroatoms. The lowest BCUT2D eigenvalue weighted by Crippen LogP contribution is -2.22. The fraction of sp³-hybridized carbons (Fsp3) is 0.125. The van der Waals surface area contributed by atoms with Crippen LogP contribution in [0.15, 0.2) is 58.5 Å². The van der Waals surface area contributed by atoms with E-state index in [1.54, 1.807) is 12.1 Å². The molecule has 2 rings (SSSR count). The van der Waals surface area contributed by atoms with Gasteiger partial charge in [-0.25, -0.2) is 0 Å². The highest BCUT2D eigenvalue weighted by Crippen LogP contribution is 2.15. The smallest absolute Gasteiger partial charge is 0.278 e. The van der Waals surface area contributed by atoms with Gasteiger partial charge >= 0.3 is 0 Å². The molecule has 0 bridgehead atoms. The average Bonchev–Trinajstić information content (AvgIpc) is 2.53. The molecule has 0 fully saturated rings. The fourth-order valence-corrected chi connectivity index (χ4v) is 2.73. The van der Waals surface area contributed by atoms with Crippen LogP contribution in [-0.4, -0.2) is 32.1 Å². The molecule has 23 heavy (non-hydrogen) atoms. The van der Waals surface area contributed by atoms with Crippen LogP contribution in [0.25, 0.3) is 0 Å². The molecule has 0 unspecified atom stereocenters. The normalized spacial score (nSPS) is 11.6. The van der Waals surface area contributed by atoms with Crippen LogP contribution in [0.5, 0.6) is 0 Å². The largest absolute Gasteiger partial charge is 0.545 e. The van der Waals surface area contributed by atoms with E-state index < -0.39 is 16.0 Å². The van der Waals surface area contributed by atoms with Gasteiger partial charge in [-0.05, 0) is 30.2 Å². The minimum absolute atomic E-state index is 0.0442. The van der Waals surface area contributed by atoms with E-state index in [9.17, 15) is 18.3 Å². The zero-order valence-electron chi connectivity index (χ0n) is 12.6. The van der Waals surface area contributed by atoms with Crippen molar-refractivity contribution < 1.29 is 18.3 Å². The summed E-state index contributed by atoms with van der Waals surface area (Å²) in [6, 6.07) is 12.2. The SMILES string of the molecule is Cc1ccc(S(=O)(=O)N(C)N=Cc2ccc(C(=O)[O-])cc2)cc1. The molecular weight excluding hydrogens is 316 g/mol. The van der Waals surface area contributed by atoms with E-state index in [2.05, 4.69) is 5.10 Å². The second kappa shape index (κ2) is 6.62. The standard InChI is InChI=1S/C16H16N2O4S/c1-12-3-9-15(10-4-12)23(21,22)18(2)17-11-13-5-7-14(8-6-13)16(19)20/h3-11H,1-2H3,(H,19,20)/p-1. The van der Waals surface area contributed by atoms with Crippen molar-refractivity contribution >= 4 is 22.2 Å². The van der Waals surface area contributed by atoms with Gasteiger partial charge in [0.15, 0.2) is 0 Å². The number of sulfonamides is 1. The van der Waals surface area contributed by atoms with Crippen molar-refractivity contribution in [1.82, 2.24) is 4.41 Å². The van der Waals surface area contributed by atoms with E-state index in [4.69, 9.17) is 0 Å². The first-order valence-corrected chi connectivity index (χ1v) is 8.16. The molecule has 0 saturated carbocycles. The number of carbonyl (C=O) groups excluding carboxylic acids is 1. The molecule has 0 heterocycles. The predicted molar refractivity (Wildman–Crippen MR) is 84.5 cm³/mol. The third-order valence-corrected chi connectivity index (χ3v) is 4.84. The molecule has 2 aromatic carbocycles. The number of nitrogens with zero attached hydrogens (tertiary/aromatic N) is 2. The Labute approximate surface area is 134 Å². The van der Waals surface area contributed by atoms with Crippen molar-refractivity contribution in [2.24, 2.45) is 5.10 Å². The van der Waals surface area contributed by atoms with Crippen molar-refractivity contribution in [3.63, 3.8) is 0 Å². The van der Waals surface area contributed by atoms with Gasteiger partial charge < -0.3 is 9.90 Å². The zero-order chi connectivity index (χ0) is 17.0. The van der Waals surface area contributed by atoms with E-state index in [0.29, 0.717) is 5.56 Å². The van der Waals surface area contributed by atoms with Gasteiger partial charge in [0.2, 0.25) is 0 Å². The minimum atomic E-state index is -3.72. The highest BCUT2D eigenvalue weighted by atomic mass is 32.2. The quantitative estimate of drug-likeness (QED) is 0.604. The summed E-state index contributed by atoms with van der Waals surface area (Å²) >= 11 is 0. The third-order valence-electron chi connectivity index (χ3n) is 3.18. The molecule has 0 N–H and O–H groups in total. The van der Waals surface area contributed by atoms with Crippen molar-refractivity contribution in [1.29, 1.82) is 0 Å². The van der Waals surface area contributed by atoms with Crippen LogP contribution in [-0.2, 0) is 10.0 Å². The van der Waals surface area contributed by atoms with Gasteiger partial charge in [0, 0.05) is 7.05 Å². The van der Waals surface area contributed by atoms with Crippen LogP contribution >= 0.6 is 0 Å². The summed E-state index contributed by atoms with van der Waals surface area (Å²) in [4.78, 5) is 10.8. The summed E-state index contributed by atoms with van der Waals surface area (Å²) in [7, 11) is -2.38. The molecule has 0 radical (unpaired) electrons. The van der Waals surface area contributed by atoms with Crippen LogP contribution in [0.4, 0.5) is 0 Å². The van der Waals surface area contributed by atoms with Crippen LogP contribution < -0.4 is 5.11 Å². The monoisotopic (exact) mass is 331 g/mol. The van der Waals surface area contributed by atoms with Gasteiger partial charge in [-0.2, -0.15) is 17.9 Å². The Bertz CT molecular complexity index is 825. The molecule has 2 aromatic rings. The molecule has 0 amide bonds.